The van der Waals surface area contributed by atoms with Crippen molar-refractivity contribution in [1.29, 1.82) is 0 Å². The maximum absolute atomic E-state index is 6.17. The van der Waals surface area contributed by atoms with Crippen molar-refractivity contribution in [2.45, 2.75) is 38.6 Å². The Morgan fingerprint density at radius 3 is 2.23 bits per heavy atom. The van der Waals surface area contributed by atoms with Gasteiger partial charge in [-0.05, 0) is 48.7 Å². The number of rotatable bonds is 2. The molecule has 1 nitrogen and oxygen atoms in total. The van der Waals surface area contributed by atoms with Gasteiger partial charge in [0.25, 0.3) is 0 Å². The molecule has 0 fully saturated rings. The Hall–Kier alpha value is -1.02. The van der Waals surface area contributed by atoms with E-state index in [1.807, 2.05) is 33.0 Å². The van der Waals surface area contributed by atoms with Crippen LogP contribution in [0.1, 0.15) is 55.3 Å². The molecule has 2 aromatic rings. The Bertz CT molecular complexity index is 625. The van der Waals surface area contributed by atoms with Gasteiger partial charge in [-0.3, -0.25) is 0 Å². The van der Waals surface area contributed by atoms with Gasteiger partial charge in [0, 0.05) is 12.0 Å². The van der Waals surface area contributed by atoms with E-state index in [4.69, 9.17) is 23.2 Å². The van der Waals surface area contributed by atoms with Crippen LogP contribution in [0.3, 0.4) is 0 Å². The van der Waals surface area contributed by atoms with E-state index in [1.54, 1.807) is 0 Å². The molecule has 3 rings (SSSR count). The quantitative estimate of drug-likeness (QED) is 0.688. The second-order valence-corrected chi connectivity index (χ2v) is 6.09. The summed E-state index contributed by atoms with van der Waals surface area (Å²) < 4.78 is 0. The average Bonchev–Trinajstić information content (AvgIpc) is 2.58. The van der Waals surface area contributed by atoms with Crippen LogP contribution in [-0.4, -0.2) is 7.05 Å². The normalized spacial score (nSPS) is 19.9. The fourth-order valence-corrected chi connectivity index (χ4v) is 3.47. The second kappa shape index (κ2) is 8.01. The van der Waals surface area contributed by atoms with Gasteiger partial charge in [0.1, 0.15) is 0 Å². The molecule has 118 valence electrons. The minimum atomic E-state index is 0.408. The van der Waals surface area contributed by atoms with E-state index >= 15 is 0 Å². The molecule has 1 N–H and O–H groups in total. The summed E-state index contributed by atoms with van der Waals surface area (Å²) in [5.74, 6) is 0.408. The van der Waals surface area contributed by atoms with Crippen molar-refractivity contribution in [3.05, 3.63) is 69.2 Å². The molecule has 1 aliphatic carbocycles. The summed E-state index contributed by atoms with van der Waals surface area (Å²) >= 11 is 12.2. The van der Waals surface area contributed by atoms with Crippen molar-refractivity contribution in [1.82, 2.24) is 5.32 Å². The first-order valence-corrected chi connectivity index (χ1v) is 8.67. The maximum atomic E-state index is 6.17. The molecule has 3 heteroatoms. The molecule has 0 aromatic heterocycles. The minimum Gasteiger partial charge on any atom is -0.313 e. The molecule has 0 amide bonds. The smallest absolute Gasteiger partial charge is 0.0595 e. The van der Waals surface area contributed by atoms with Crippen molar-refractivity contribution in [3.63, 3.8) is 0 Å². The zero-order valence-electron chi connectivity index (χ0n) is 13.4. The SMILES string of the molecule is CC.CNC1CCC(c2ccc(Cl)c(Cl)c2)c2ccccc21. The first-order chi connectivity index (χ1) is 10.7. The number of hydrogen-bond donors (Lipinski definition) is 1. The van der Waals surface area contributed by atoms with E-state index in [-0.39, 0.29) is 0 Å². The van der Waals surface area contributed by atoms with Gasteiger partial charge in [-0.1, -0.05) is 67.4 Å². The summed E-state index contributed by atoms with van der Waals surface area (Å²) in [5.41, 5.74) is 4.05. The molecule has 1 aliphatic rings. The van der Waals surface area contributed by atoms with Crippen molar-refractivity contribution in [2.75, 3.05) is 7.05 Å². The zero-order valence-corrected chi connectivity index (χ0v) is 14.9. The summed E-state index contributed by atoms with van der Waals surface area (Å²) in [4.78, 5) is 0. The lowest BCUT2D eigenvalue weighted by molar-refractivity contribution is 0.471. The highest BCUT2D eigenvalue weighted by atomic mass is 35.5. The Kier molecular flexibility index (Phi) is 6.31. The molecule has 0 heterocycles. The molecule has 0 spiro atoms. The third-order valence-electron chi connectivity index (χ3n) is 4.19. The van der Waals surface area contributed by atoms with Gasteiger partial charge in [-0.2, -0.15) is 0 Å². The first-order valence-electron chi connectivity index (χ1n) is 7.91. The number of hydrogen-bond acceptors (Lipinski definition) is 1. The molecule has 2 atom stereocenters. The molecular formula is C19H23Cl2N. The molecule has 2 unspecified atom stereocenters. The molecule has 22 heavy (non-hydrogen) atoms. The third-order valence-corrected chi connectivity index (χ3v) is 4.92. The number of benzene rings is 2. The largest absolute Gasteiger partial charge is 0.313 e. The Morgan fingerprint density at radius 2 is 1.59 bits per heavy atom. The summed E-state index contributed by atoms with van der Waals surface area (Å²) in [6.45, 7) is 4.00. The predicted octanol–water partition coefficient (Wildman–Crippen LogP) is 6.21. The molecular weight excluding hydrogens is 313 g/mol. The van der Waals surface area contributed by atoms with Crippen LogP contribution in [-0.2, 0) is 0 Å². The van der Waals surface area contributed by atoms with Crippen molar-refractivity contribution >= 4 is 23.2 Å². The van der Waals surface area contributed by atoms with E-state index < -0.39 is 0 Å². The molecule has 0 saturated carbocycles. The topological polar surface area (TPSA) is 12.0 Å². The maximum Gasteiger partial charge on any atom is 0.0595 e. The van der Waals surface area contributed by atoms with Crippen molar-refractivity contribution < 1.29 is 0 Å². The molecule has 0 bridgehead atoms. The summed E-state index contributed by atoms with van der Waals surface area (Å²) in [5, 5.41) is 4.66. The molecule has 0 aliphatic heterocycles. The van der Waals surface area contributed by atoms with Gasteiger partial charge in [0.05, 0.1) is 10.0 Å². The summed E-state index contributed by atoms with van der Waals surface area (Å²) in [6, 6.07) is 15.1. The predicted molar refractivity (Wildman–Crippen MR) is 97.1 cm³/mol. The standard InChI is InChI=1S/C17H17Cl2N.C2H6/c1-20-17-9-7-12(13-4-2-3-5-14(13)17)11-6-8-15(18)16(19)10-11;1-2/h2-6,8,10,12,17,20H,7,9H2,1H3;1-2H3. The van der Waals surface area contributed by atoms with Gasteiger partial charge in [-0.25, -0.2) is 0 Å². The Morgan fingerprint density at radius 1 is 0.909 bits per heavy atom. The fourth-order valence-electron chi connectivity index (χ4n) is 3.17. The van der Waals surface area contributed by atoms with Crippen LogP contribution >= 0.6 is 23.2 Å². The minimum absolute atomic E-state index is 0.408. The van der Waals surface area contributed by atoms with Gasteiger partial charge >= 0.3 is 0 Å². The summed E-state index contributed by atoms with van der Waals surface area (Å²) in [6.07, 6.45) is 2.26. The molecule has 0 saturated heterocycles. The van der Waals surface area contributed by atoms with Crippen LogP contribution in [0, 0.1) is 0 Å². The van der Waals surface area contributed by atoms with Gasteiger partial charge in [-0.15, -0.1) is 0 Å². The van der Waals surface area contributed by atoms with E-state index in [9.17, 15) is 0 Å². The molecule has 0 radical (unpaired) electrons. The van der Waals surface area contributed by atoms with Crippen LogP contribution < -0.4 is 5.32 Å². The highest BCUT2D eigenvalue weighted by Crippen LogP contribution is 2.42. The van der Waals surface area contributed by atoms with Gasteiger partial charge < -0.3 is 5.32 Å². The van der Waals surface area contributed by atoms with Crippen LogP contribution in [0.2, 0.25) is 10.0 Å². The Labute approximate surface area is 143 Å². The zero-order chi connectivity index (χ0) is 16.1. The Balaban J connectivity index is 0.000000847. The van der Waals surface area contributed by atoms with Crippen LogP contribution in [0.25, 0.3) is 0 Å². The van der Waals surface area contributed by atoms with E-state index in [0.29, 0.717) is 22.0 Å². The molecule has 2 aromatic carbocycles. The lowest BCUT2D eigenvalue weighted by atomic mass is 9.77. The van der Waals surface area contributed by atoms with E-state index in [2.05, 4.69) is 35.6 Å². The highest BCUT2D eigenvalue weighted by Gasteiger charge is 2.27. The fraction of sp³-hybridized carbons (Fsp3) is 0.368. The number of halogens is 2. The van der Waals surface area contributed by atoms with Crippen LogP contribution in [0.4, 0.5) is 0 Å². The first kappa shape index (κ1) is 17.3. The average molecular weight is 336 g/mol. The lowest BCUT2D eigenvalue weighted by Gasteiger charge is -2.32. The van der Waals surface area contributed by atoms with Crippen molar-refractivity contribution in [2.24, 2.45) is 0 Å². The monoisotopic (exact) mass is 335 g/mol. The van der Waals surface area contributed by atoms with Gasteiger partial charge in [0.15, 0.2) is 0 Å². The van der Waals surface area contributed by atoms with E-state index in [0.717, 1.165) is 12.8 Å². The highest BCUT2D eigenvalue weighted by molar-refractivity contribution is 6.42. The third kappa shape index (κ3) is 3.48. The van der Waals surface area contributed by atoms with Crippen LogP contribution in [0.5, 0.6) is 0 Å². The van der Waals surface area contributed by atoms with Crippen LogP contribution in [0.15, 0.2) is 42.5 Å². The summed E-state index contributed by atoms with van der Waals surface area (Å²) in [7, 11) is 2.03. The van der Waals surface area contributed by atoms with Gasteiger partial charge in [0.2, 0.25) is 0 Å². The number of nitrogens with one attached hydrogen (secondary N) is 1. The second-order valence-electron chi connectivity index (χ2n) is 5.27. The van der Waals surface area contributed by atoms with E-state index in [1.165, 1.54) is 16.7 Å². The van der Waals surface area contributed by atoms with Crippen molar-refractivity contribution in [3.8, 4) is 0 Å². The lowest BCUT2D eigenvalue weighted by Crippen LogP contribution is -2.24. The number of fused-ring (bicyclic) bond motifs is 1.